The summed E-state index contributed by atoms with van der Waals surface area (Å²) < 4.78 is 18.0. The van der Waals surface area contributed by atoms with Gasteiger partial charge in [-0.05, 0) is 59.2 Å². The highest BCUT2D eigenvalue weighted by Gasteiger charge is 2.48. The Balaban J connectivity index is 1.25. The van der Waals surface area contributed by atoms with Gasteiger partial charge in [0.25, 0.3) is 5.78 Å². The minimum atomic E-state index is -1.03. The number of carbonyl (C=O) groups excluding carboxylic acids is 2. The van der Waals surface area contributed by atoms with E-state index in [1.54, 1.807) is 54.6 Å². The molecule has 0 aliphatic carbocycles. The summed E-state index contributed by atoms with van der Waals surface area (Å²) in [4.78, 5) is 28.8. The highest BCUT2D eigenvalue weighted by Crippen LogP contribution is 2.45. The molecule has 1 fully saturated rings. The summed E-state index contributed by atoms with van der Waals surface area (Å²) in [5.74, 6) is -0.100. The molecule has 4 aromatic carbocycles. The second-order valence-corrected chi connectivity index (χ2v) is 13.8. The van der Waals surface area contributed by atoms with E-state index >= 15 is 0 Å². The van der Waals surface area contributed by atoms with Gasteiger partial charge < -0.3 is 19.3 Å². The van der Waals surface area contributed by atoms with Crippen LogP contribution < -0.4 is 19.1 Å². The van der Waals surface area contributed by atoms with Crippen LogP contribution in [0, 0.1) is 0 Å². The Kier molecular flexibility index (Phi) is 9.27. The first-order valence-electron chi connectivity index (χ1n) is 14.7. The first kappa shape index (κ1) is 32.0. The Bertz CT molecular complexity index is 2060. The second-order valence-electron chi connectivity index (χ2n) is 10.7. The number of ether oxygens (including phenoxy) is 3. The number of fused-ring (bicyclic) bond motifs is 1. The Labute approximate surface area is 293 Å². The quantitative estimate of drug-likeness (QED) is 0.0531. The van der Waals surface area contributed by atoms with Gasteiger partial charge in [0.05, 0.1) is 11.6 Å². The maximum absolute atomic E-state index is 13.8. The number of hydrogen-bond donors (Lipinski definition) is 1. The molecule has 48 heavy (non-hydrogen) atoms. The van der Waals surface area contributed by atoms with E-state index in [9.17, 15) is 14.7 Å². The number of nitrogens with zero attached hydrogens (tertiary/aromatic N) is 3. The van der Waals surface area contributed by atoms with Gasteiger partial charge in [0.1, 0.15) is 31.3 Å². The van der Waals surface area contributed by atoms with Gasteiger partial charge in [-0.25, -0.2) is 0 Å². The molecule has 2 aliphatic heterocycles. The van der Waals surface area contributed by atoms with E-state index in [0.29, 0.717) is 68.3 Å². The number of aliphatic hydroxyl groups excluding tert-OH is 1. The Hall–Kier alpha value is -4.55. The number of aromatic nitrogens is 2. The molecule has 0 spiro atoms. The van der Waals surface area contributed by atoms with E-state index in [1.807, 2.05) is 36.4 Å². The number of aliphatic hydroxyl groups is 1. The van der Waals surface area contributed by atoms with E-state index in [4.69, 9.17) is 37.4 Å². The smallest absolute Gasteiger partial charge is 0.301 e. The van der Waals surface area contributed by atoms with Crippen LogP contribution in [0.4, 0.5) is 5.13 Å². The fraction of sp³-hybridized carbons (Fsp3) is 0.143. The van der Waals surface area contributed by atoms with Crippen LogP contribution in [0.1, 0.15) is 28.3 Å². The summed E-state index contributed by atoms with van der Waals surface area (Å²) in [5, 5.41) is 21.5. The van der Waals surface area contributed by atoms with Crippen molar-refractivity contribution in [1.29, 1.82) is 0 Å². The van der Waals surface area contributed by atoms with Crippen molar-refractivity contribution in [3.8, 4) is 17.2 Å². The molecule has 9 nitrogen and oxygen atoms in total. The number of anilines is 1. The standard InChI is InChI=1S/C35H25Cl2N3O6S2/c36-24-11-9-23(26(37)17-24)19-47-35-39-38-34(48-35)40-30(21-7-4-8-25(15-21)46-18-20-5-2-1-3-6-20)29(32(42)33(40)43)31(41)22-10-12-27-28(16-22)45-14-13-44-27/h1-12,15-17,30,41H,13-14,18-19H2/b31-29+. The molecule has 0 bridgehead atoms. The first-order chi connectivity index (χ1) is 23.4. The number of hydrogen-bond acceptors (Lipinski definition) is 10. The summed E-state index contributed by atoms with van der Waals surface area (Å²) in [5.41, 5.74) is 2.57. The lowest BCUT2D eigenvalue weighted by molar-refractivity contribution is -0.132. The van der Waals surface area contributed by atoms with Gasteiger partial charge in [-0.2, -0.15) is 0 Å². The average Bonchev–Trinajstić information content (AvgIpc) is 3.68. The van der Waals surface area contributed by atoms with E-state index in [-0.39, 0.29) is 16.5 Å². The summed E-state index contributed by atoms with van der Waals surface area (Å²) >= 11 is 14.9. The number of ketones is 1. The molecule has 1 atom stereocenters. The monoisotopic (exact) mass is 717 g/mol. The number of thioether (sulfide) groups is 1. The normalized spacial score (nSPS) is 16.7. The van der Waals surface area contributed by atoms with E-state index in [2.05, 4.69) is 10.2 Å². The van der Waals surface area contributed by atoms with Crippen LogP contribution in [0.15, 0.2) is 101 Å². The molecule has 1 N–H and O–H groups in total. The predicted octanol–water partition coefficient (Wildman–Crippen LogP) is 8.11. The lowest BCUT2D eigenvalue weighted by atomic mass is 9.95. The lowest BCUT2D eigenvalue weighted by Crippen LogP contribution is -2.29. The van der Waals surface area contributed by atoms with Crippen LogP contribution in [-0.2, 0) is 21.9 Å². The van der Waals surface area contributed by atoms with Crippen molar-refractivity contribution in [1.82, 2.24) is 10.2 Å². The highest BCUT2D eigenvalue weighted by molar-refractivity contribution is 8.00. The first-order valence-corrected chi connectivity index (χ1v) is 17.3. The SMILES string of the molecule is O=C1C(=O)N(c2nnc(SCc3ccc(Cl)cc3Cl)s2)C(c2cccc(OCc3ccccc3)c2)/C1=C(\O)c1ccc2c(c1)OCCO2. The number of carbonyl (C=O) groups is 2. The van der Waals surface area contributed by atoms with Gasteiger partial charge in [0.2, 0.25) is 5.13 Å². The highest BCUT2D eigenvalue weighted by atomic mass is 35.5. The third kappa shape index (κ3) is 6.59. The van der Waals surface area contributed by atoms with Crippen LogP contribution in [0.25, 0.3) is 5.76 Å². The average molecular weight is 719 g/mol. The zero-order chi connectivity index (χ0) is 33.2. The summed E-state index contributed by atoms with van der Waals surface area (Å²) in [7, 11) is 0. The van der Waals surface area contributed by atoms with Crippen molar-refractivity contribution in [2.45, 2.75) is 22.7 Å². The molecule has 3 heterocycles. The Morgan fingerprint density at radius 1 is 0.938 bits per heavy atom. The number of Topliss-reactive ketones (excluding diaryl/α,β-unsaturated/α-hetero) is 1. The molecular formula is C35H25Cl2N3O6S2. The molecule has 0 saturated carbocycles. The number of amides is 1. The van der Waals surface area contributed by atoms with Crippen molar-refractivity contribution in [2.75, 3.05) is 18.1 Å². The molecule has 5 aromatic rings. The molecule has 1 amide bonds. The predicted molar refractivity (Wildman–Crippen MR) is 185 cm³/mol. The molecule has 1 unspecified atom stereocenters. The lowest BCUT2D eigenvalue weighted by Gasteiger charge is -2.23. The molecule has 242 valence electrons. The fourth-order valence-corrected chi connectivity index (χ4v) is 7.77. The Morgan fingerprint density at radius 3 is 2.56 bits per heavy atom. The molecule has 0 radical (unpaired) electrons. The summed E-state index contributed by atoms with van der Waals surface area (Å²) in [6.07, 6.45) is 0. The fourth-order valence-electron chi connectivity index (χ4n) is 5.34. The maximum atomic E-state index is 13.8. The van der Waals surface area contributed by atoms with E-state index < -0.39 is 17.7 Å². The van der Waals surface area contributed by atoms with Crippen LogP contribution in [0.5, 0.6) is 17.2 Å². The van der Waals surface area contributed by atoms with Crippen LogP contribution in [-0.4, -0.2) is 40.2 Å². The largest absolute Gasteiger partial charge is 0.507 e. The third-order valence-electron chi connectivity index (χ3n) is 7.65. The second kappa shape index (κ2) is 13.9. The van der Waals surface area contributed by atoms with Crippen molar-refractivity contribution in [2.24, 2.45) is 0 Å². The van der Waals surface area contributed by atoms with Crippen molar-refractivity contribution < 1.29 is 28.9 Å². The molecule has 13 heteroatoms. The van der Waals surface area contributed by atoms with Crippen LogP contribution >= 0.6 is 46.3 Å². The van der Waals surface area contributed by atoms with Crippen LogP contribution in [0.2, 0.25) is 10.0 Å². The van der Waals surface area contributed by atoms with E-state index in [1.165, 1.54) is 16.7 Å². The minimum absolute atomic E-state index is 0.103. The molecule has 2 aliphatic rings. The van der Waals surface area contributed by atoms with Gasteiger partial charge in [-0.15, -0.1) is 10.2 Å². The van der Waals surface area contributed by atoms with Gasteiger partial charge in [0.15, 0.2) is 15.8 Å². The van der Waals surface area contributed by atoms with Crippen molar-refractivity contribution in [3.05, 3.63) is 129 Å². The van der Waals surface area contributed by atoms with Gasteiger partial charge in [-0.3, -0.25) is 14.5 Å². The van der Waals surface area contributed by atoms with E-state index in [0.717, 1.165) is 22.5 Å². The third-order valence-corrected chi connectivity index (χ3v) is 10.3. The minimum Gasteiger partial charge on any atom is -0.507 e. The zero-order valence-corrected chi connectivity index (χ0v) is 28.1. The number of halogens is 2. The maximum Gasteiger partial charge on any atom is 0.301 e. The molecule has 1 aromatic heterocycles. The Morgan fingerprint density at radius 2 is 1.75 bits per heavy atom. The van der Waals surface area contributed by atoms with Crippen molar-refractivity contribution >= 4 is 68.9 Å². The van der Waals surface area contributed by atoms with Crippen LogP contribution in [0.3, 0.4) is 0 Å². The van der Waals surface area contributed by atoms with Gasteiger partial charge >= 0.3 is 5.91 Å². The van der Waals surface area contributed by atoms with Gasteiger partial charge in [0, 0.05) is 21.4 Å². The summed E-state index contributed by atoms with van der Waals surface area (Å²) in [6.45, 7) is 1.07. The summed E-state index contributed by atoms with van der Waals surface area (Å²) in [6, 6.07) is 25.9. The number of benzene rings is 4. The molecule has 7 rings (SSSR count). The van der Waals surface area contributed by atoms with Gasteiger partial charge in [-0.1, -0.05) is 94.8 Å². The zero-order valence-electron chi connectivity index (χ0n) is 25.0. The number of rotatable bonds is 9. The van der Waals surface area contributed by atoms with Crippen molar-refractivity contribution in [3.63, 3.8) is 0 Å². The topological polar surface area (TPSA) is 111 Å². The molecular weight excluding hydrogens is 693 g/mol. The molecule has 1 saturated heterocycles.